The van der Waals surface area contributed by atoms with E-state index in [4.69, 9.17) is 14.2 Å². The SMILES string of the molecule is C=CC1CC1(NC(=O)C1CC(OC(=CC(=C(C)CC)c2ccccc2)c2ccc(OC)cc2C)CN1C(=O)OC(C)(C)C)C(=O)NS(=O)(=O)C1CC1. The second-order valence-corrected chi connectivity index (χ2v) is 16.9. The molecule has 2 saturated carbocycles. The molecule has 4 atom stereocenters. The van der Waals surface area contributed by atoms with Crippen LogP contribution in [0.3, 0.4) is 0 Å². The predicted octanol–water partition coefficient (Wildman–Crippen LogP) is 6.29. The van der Waals surface area contributed by atoms with Crippen molar-refractivity contribution in [1.29, 1.82) is 0 Å². The lowest BCUT2D eigenvalue weighted by Crippen LogP contribution is -2.56. The highest BCUT2D eigenvalue weighted by molar-refractivity contribution is 7.91. The van der Waals surface area contributed by atoms with E-state index in [0.717, 1.165) is 34.3 Å². The Labute approximate surface area is 307 Å². The molecular weight excluding hydrogens is 683 g/mol. The molecule has 0 radical (unpaired) electrons. The van der Waals surface area contributed by atoms with Crippen molar-refractivity contribution in [2.24, 2.45) is 5.92 Å². The summed E-state index contributed by atoms with van der Waals surface area (Å²) in [6, 6.07) is 14.6. The normalized spacial score (nSPS) is 23.6. The molecule has 3 amide bonds. The number of likely N-dealkylation sites (tertiary alicyclic amines) is 1. The Kier molecular flexibility index (Phi) is 11.3. The molecule has 3 fully saturated rings. The average Bonchev–Trinajstić information content (AvgIpc) is 4.02. The van der Waals surface area contributed by atoms with Crippen LogP contribution in [0, 0.1) is 12.8 Å². The largest absolute Gasteiger partial charge is 0.497 e. The van der Waals surface area contributed by atoms with Crippen molar-refractivity contribution in [3.63, 3.8) is 0 Å². The van der Waals surface area contributed by atoms with E-state index in [-0.39, 0.29) is 19.4 Å². The lowest BCUT2D eigenvalue weighted by Gasteiger charge is -2.29. The summed E-state index contributed by atoms with van der Waals surface area (Å²) in [5.74, 6) is -0.653. The van der Waals surface area contributed by atoms with Crippen LogP contribution in [0.5, 0.6) is 5.75 Å². The van der Waals surface area contributed by atoms with Crippen molar-refractivity contribution in [3.05, 3.63) is 89.5 Å². The number of aryl methyl sites for hydroxylation is 1. The standard InChI is InChI=1S/C40H51N3O8S/c1-9-25(3)33(27-14-12-11-13-15-27)22-35(32-19-16-29(49-8)20-26(32)4)50-30-21-34(43(24-30)38(46)51-39(5,6)7)36(44)41-40(23-28(40)10-2)37(45)42-52(47,48)31-17-18-31/h10-16,19-20,22,28,30-31,34H,2,9,17-18,21,23-24H2,1,3-8H3,(H,41,44)(H,42,45). The maximum Gasteiger partial charge on any atom is 0.411 e. The van der Waals surface area contributed by atoms with Crippen LogP contribution in [-0.2, 0) is 29.1 Å². The van der Waals surface area contributed by atoms with Crippen molar-refractivity contribution in [2.75, 3.05) is 13.7 Å². The van der Waals surface area contributed by atoms with Gasteiger partial charge in [-0.25, -0.2) is 13.2 Å². The van der Waals surface area contributed by atoms with Gasteiger partial charge in [-0.15, -0.1) is 6.58 Å². The zero-order valence-corrected chi connectivity index (χ0v) is 32.0. The highest BCUT2D eigenvalue weighted by atomic mass is 32.2. The molecule has 2 aliphatic carbocycles. The van der Waals surface area contributed by atoms with Gasteiger partial charge in [-0.3, -0.25) is 19.2 Å². The summed E-state index contributed by atoms with van der Waals surface area (Å²) in [4.78, 5) is 42.6. The van der Waals surface area contributed by atoms with E-state index in [1.807, 2.05) is 61.5 Å². The molecule has 4 unspecified atom stereocenters. The summed E-state index contributed by atoms with van der Waals surface area (Å²) in [5.41, 5.74) is 2.52. The second-order valence-electron chi connectivity index (χ2n) is 14.9. The number of benzene rings is 2. The predicted molar refractivity (Wildman–Crippen MR) is 201 cm³/mol. The number of hydrogen-bond acceptors (Lipinski definition) is 8. The van der Waals surface area contributed by atoms with Gasteiger partial charge in [0.1, 0.15) is 34.8 Å². The molecule has 12 heteroatoms. The van der Waals surface area contributed by atoms with Gasteiger partial charge in [0.15, 0.2) is 0 Å². The van der Waals surface area contributed by atoms with E-state index in [9.17, 15) is 22.8 Å². The van der Waals surface area contributed by atoms with Crippen LogP contribution in [0.15, 0.2) is 72.8 Å². The molecule has 0 bridgehead atoms. The maximum atomic E-state index is 14.2. The van der Waals surface area contributed by atoms with E-state index in [2.05, 4.69) is 30.5 Å². The minimum absolute atomic E-state index is 0.0246. The number of amides is 3. The van der Waals surface area contributed by atoms with Crippen LogP contribution in [0.25, 0.3) is 11.3 Å². The number of rotatable bonds is 13. The summed E-state index contributed by atoms with van der Waals surface area (Å²) >= 11 is 0. The Morgan fingerprint density at radius 1 is 1.10 bits per heavy atom. The summed E-state index contributed by atoms with van der Waals surface area (Å²) < 4.78 is 45.5. The van der Waals surface area contributed by atoms with E-state index < -0.39 is 62.4 Å². The molecule has 280 valence electrons. The first-order valence-electron chi connectivity index (χ1n) is 17.8. The average molecular weight is 734 g/mol. The first-order chi connectivity index (χ1) is 24.5. The number of sulfonamides is 1. The van der Waals surface area contributed by atoms with E-state index in [1.54, 1.807) is 27.9 Å². The number of nitrogens with zero attached hydrogens (tertiary/aromatic N) is 1. The zero-order chi connectivity index (χ0) is 38.0. The maximum absolute atomic E-state index is 14.2. The van der Waals surface area contributed by atoms with Gasteiger partial charge in [0.05, 0.1) is 18.9 Å². The number of nitrogens with one attached hydrogen (secondary N) is 2. The minimum Gasteiger partial charge on any atom is -0.497 e. The fraction of sp³-hybridized carbons (Fsp3) is 0.475. The van der Waals surface area contributed by atoms with Crippen LogP contribution in [0.2, 0.25) is 0 Å². The van der Waals surface area contributed by atoms with Crippen molar-refractivity contribution in [1.82, 2.24) is 14.9 Å². The molecule has 1 saturated heterocycles. The van der Waals surface area contributed by atoms with Crippen LogP contribution in [0.1, 0.15) is 83.4 Å². The van der Waals surface area contributed by atoms with Gasteiger partial charge >= 0.3 is 6.09 Å². The van der Waals surface area contributed by atoms with E-state index >= 15 is 0 Å². The van der Waals surface area contributed by atoms with E-state index in [0.29, 0.717) is 24.4 Å². The number of allylic oxidation sites excluding steroid dienone is 3. The number of carbonyl (C=O) groups is 3. The highest BCUT2D eigenvalue weighted by Gasteiger charge is 2.62. The van der Waals surface area contributed by atoms with Gasteiger partial charge < -0.3 is 19.5 Å². The quantitative estimate of drug-likeness (QED) is 0.139. The lowest BCUT2D eigenvalue weighted by molar-refractivity contribution is -0.131. The van der Waals surface area contributed by atoms with Crippen molar-refractivity contribution < 1.29 is 37.0 Å². The number of hydrogen-bond donors (Lipinski definition) is 2. The molecule has 1 heterocycles. The topological polar surface area (TPSA) is 140 Å². The third kappa shape index (κ3) is 8.71. The monoisotopic (exact) mass is 733 g/mol. The summed E-state index contributed by atoms with van der Waals surface area (Å²) in [5, 5.41) is 2.20. The van der Waals surface area contributed by atoms with Gasteiger partial charge in [-0.05, 0) is 101 Å². The van der Waals surface area contributed by atoms with Crippen LogP contribution in [-0.4, -0.2) is 73.4 Å². The summed E-state index contributed by atoms with van der Waals surface area (Å²) in [7, 11) is -2.26. The molecule has 2 aromatic carbocycles. The second kappa shape index (κ2) is 15.2. The Morgan fingerprint density at radius 3 is 2.35 bits per heavy atom. The smallest absolute Gasteiger partial charge is 0.411 e. The lowest BCUT2D eigenvalue weighted by atomic mass is 9.96. The van der Waals surface area contributed by atoms with Gasteiger partial charge in [0, 0.05) is 17.9 Å². The fourth-order valence-electron chi connectivity index (χ4n) is 6.46. The number of carbonyl (C=O) groups excluding carboxylic acids is 3. The molecule has 5 rings (SSSR count). The number of ether oxygens (including phenoxy) is 3. The molecule has 3 aliphatic rings. The molecule has 0 spiro atoms. The van der Waals surface area contributed by atoms with Gasteiger partial charge in [0.2, 0.25) is 15.9 Å². The molecular formula is C40H51N3O8S. The molecule has 1 aliphatic heterocycles. The fourth-order valence-corrected chi connectivity index (χ4v) is 7.82. The van der Waals surface area contributed by atoms with Gasteiger partial charge in [-0.2, -0.15) is 0 Å². The van der Waals surface area contributed by atoms with Crippen molar-refractivity contribution in [2.45, 2.75) is 102 Å². The van der Waals surface area contributed by atoms with Gasteiger partial charge in [-0.1, -0.05) is 48.9 Å². The number of methoxy groups -OCH3 is 1. The van der Waals surface area contributed by atoms with Crippen LogP contribution >= 0.6 is 0 Å². The third-order valence-electron chi connectivity index (χ3n) is 9.79. The first kappa shape index (κ1) is 38.6. The molecule has 2 N–H and O–H groups in total. The van der Waals surface area contributed by atoms with Crippen LogP contribution in [0.4, 0.5) is 4.79 Å². The summed E-state index contributed by atoms with van der Waals surface area (Å²) in [6.45, 7) is 15.2. The van der Waals surface area contributed by atoms with Crippen molar-refractivity contribution >= 4 is 39.3 Å². The highest BCUT2D eigenvalue weighted by Crippen LogP contribution is 2.45. The van der Waals surface area contributed by atoms with Crippen molar-refractivity contribution in [3.8, 4) is 5.75 Å². The Hall–Kier alpha value is -4.58. The molecule has 52 heavy (non-hydrogen) atoms. The third-order valence-corrected chi connectivity index (χ3v) is 11.6. The Bertz CT molecular complexity index is 1880. The minimum atomic E-state index is -3.86. The van der Waals surface area contributed by atoms with Gasteiger partial charge in [0.25, 0.3) is 5.91 Å². The van der Waals surface area contributed by atoms with E-state index in [1.165, 1.54) is 11.0 Å². The molecule has 11 nitrogen and oxygen atoms in total. The van der Waals surface area contributed by atoms with Crippen LogP contribution < -0.4 is 14.8 Å². The first-order valence-corrected chi connectivity index (χ1v) is 19.3. The zero-order valence-electron chi connectivity index (χ0n) is 31.2. The summed E-state index contributed by atoms with van der Waals surface area (Å²) in [6.07, 6.45) is 4.21. The Balaban J connectivity index is 1.49. The molecule has 0 aromatic heterocycles. The molecule has 2 aromatic rings. The Morgan fingerprint density at radius 2 is 1.79 bits per heavy atom.